The number of nitrogens with one attached hydrogen (secondary N) is 3. The van der Waals surface area contributed by atoms with Crippen molar-refractivity contribution in [2.24, 2.45) is 5.92 Å². The number of nitro groups is 1. The number of amides is 2. The van der Waals surface area contributed by atoms with Crippen molar-refractivity contribution in [2.45, 2.75) is 36.7 Å². The molecule has 1 unspecified atom stereocenters. The number of thiophene rings is 1. The minimum Gasteiger partial charge on any atom is -0.455 e. The first-order valence-electron chi connectivity index (χ1n) is 20.9. The van der Waals surface area contributed by atoms with E-state index < -0.39 is 31.4 Å². The summed E-state index contributed by atoms with van der Waals surface area (Å²) in [5.41, 5.74) is 3.54. The van der Waals surface area contributed by atoms with Crippen LogP contribution in [0.1, 0.15) is 44.0 Å². The van der Waals surface area contributed by atoms with E-state index in [1.54, 1.807) is 24.4 Å². The number of benzene rings is 3. The molecule has 0 spiro atoms. The first-order valence-corrected chi connectivity index (χ1v) is 23.2. The van der Waals surface area contributed by atoms with E-state index in [4.69, 9.17) is 9.47 Å². The second-order valence-corrected chi connectivity index (χ2v) is 18.6. The van der Waals surface area contributed by atoms with Crippen molar-refractivity contribution in [1.29, 1.82) is 0 Å². The average Bonchev–Trinajstić information content (AvgIpc) is 4.02. The largest absolute Gasteiger partial charge is 0.455 e. The smallest absolute Gasteiger partial charge is 0.293 e. The van der Waals surface area contributed by atoms with Gasteiger partial charge in [0.1, 0.15) is 22.8 Å². The lowest BCUT2D eigenvalue weighted by molar-refractivity contribution is -0.384. The summed E-state index contributed by atoms with van der Waals surface area (Å²) in [4.78, 5) is 53.4. The van der Waals surface area contributed by atoms with Gasteiger partial charge in [-0.15, -0.1) is 11.3 Å². The summed E-state index contributed by atoms with van der Waals surface area (Å²) in [6, 6.07) is 24.2. The zero-order valence-corrected chi connectivity index (χ0v) is 35.9. The molecule has 6 heterocycles. The Bertz CT molecular complexity index is 2750. The minimum absolute atomic E-state index is 0.00370. The van der Waals surface area contributed by atoms with E-state index in [-0.39, 0.29) is 34.9 Å². The maximum atomic E-state index is 13.9. The van der Waals surface area contributed by atoms with Crippen molar-refractivity contribution < 1.29 is 32.4 Å². The lowest BCUT2D eigenvalue weighted by Crippen LogP contribution is -2.54. The Hall–Kier alpha value is -6.34. The van der Waals surface area contributed by atoms with Crippen LogP contribution in [-0.4, -0.2) is 103 Å². The standard InChI is InChI=1S/C45H46N8O8S2/c54-44(49-63(58,59)37-8-10-39(40(25-37)53(56)57)47-26-30-12-19-60-20-13-30)38-9-7-34(24-41(38)61-36-23-32-11-14-46-43(32)48-27-36)51-17-15-50(16-18-51)29-35-22-31-4-1-2-5-33(31)28-52(35)45(55)42-6-3-21-62-42/h1-11,14,21,23-25,27,30,35,47H,12-13,15-20,22,26,28-29H2,(H,46,48)(H,49,54). The predicted molar refractivity (Wildman–Crippen MR) is 239 cm³/mol. The highest BCUT2D eigenvalue weighted by molar-refractivity contribution is 7.90. The molecule has 1 atom stereocenters. The van der Waals surface area contributed by atoms with Crippen molar-refractivity contribution in [3.63, 3.8) is 0 Å². The molecule has 326 valence electrons. The van der Waals surface area contributed by atoms with Gasteiger partial charge in [-0.1, -0.05) is 30.3 Å². The Morgan fingerprint density at radius 3 is 2.56 bits per heavy atom. The van der Waals surface area contributed by atoms with Gasteiger partial charge in [0.05, 0.1) is 26.5 Å². The highest BCUT2D eigenvalue weighted by Crippen LogP contribution is 2.34. The summed E-state index contributed by atoms with van der Waals surface area (Å²) in [5.74, 6) is -0.234. The zero-order chi connectivity index (χ0) is 43.5. The molecule has 9 rings (SSSR count). The second kappa shape index (κ2) is 18.2. The molecular weight excluding hydrogens is 845 g/mol. The van der Waals surface area contributed by atoms with Gasteiger partial charge in [-0.25, -0.2) is 18.1 Å². The third-order valence-electron chi connectivity index (χ3n) is 12.0. The molecule has 0 aliphatic carbocycles. The van der Waals surface area contributed by atoms with Crippen molar-refractivity contribution >= 4 is 61.3 Å². The molecule has 3 aromatic carbocycles. The van der Waals surface area contributed by atoms with Gasteiger partial charge >= 0.3 is 0 Å². The van der Waals surface area contributed by atoms with E-state index >= 15 is 0 Å². The van der Waals surface area contributed by atoms with Crippen molar-refractivity contribution in [3.05, 3.63) is 134 Å². The monoisotopic (exact) mass is 890 g/mol. The number of nitrogens with zero attached hydrogens (tertiary/aromatic N) is 5. The molecule has 0 saturated carbocycles. The van der Waals surface area contributed by atoms with Crippen LogP contribution in [0.2, 0.25) is 0 Å². The van der Waals surface area contributed by atoms with Crippen LogP contribution in [-0.2, 0) is 27.7 Å². The maximum Gasteiger partial charge on any atom is 0.293 e. The van der Waals surface area contributed by atoms with Gasteiger partial charge in [0.2, 0.25) is 0 Å². The Kier molecular flexibility index (Phi) is 12.1. The molecule has 3 aliphatic rings. The number of ether oxygens (including phenoxy) is 2. The lowest BCUT2D eigenvalue weighted by atomic mass is 9.93. The van der Waals surface area contributed by atoms with Crippen LogP contribution in [0.3, 0.4) is 0 Å². The van der Waals surface area contributed by atoms with Crippen LogP contribution < -0.4 is 19.7 Å². The third-order valence-corrected chi connectivity index (χ3v) is 14.2. The Labute approximate surface area is 368 Å². The molecule has 63 heavy (non-hydrogen) atoms. The molecular formula is C45H46N8O8S2. The number of aromatic nitrogens is 2. The topological polar surface area (TPSA) is 192 Å². The molecule has 16 nitrogen and oxygen atoms in total. The maximum absolute atomic E-state index is 13.9. The number of sulfonamides is 1. The molecule has 2 amide bonds. The Morgan fingerprint density at radius 1 is 0.968 bits per heavy atom. The number of anilines is 2. The quantitative estimate of drug-likeness (QED) is 0.0826. The number of hydrogen-bond acceptors (Lipinski definition) is 13. The van der Waals surface area contributed by atoms with E-state index in [1.165, 1.54) is 46.9 Å². The summed E-state index contributed by atoms with van der Waals surface area (Å²) >= 11 is 1.46. The average molecular weight is 891 g/mol. The van der Waals surface area contributed by atoms with Gasteiger partial charge in [-0.3, -0.25) is 24.6 Å². The number of piperazine rings is 1. The molecule has 3 aromatic heterocycles. The third kappa shape index (κ3) is 9.39. The van der Waals surface area contributed by atoms with Gasteiger partial charge in [0.25, 0.3) is 27.5 Å². The normalized spacial score (nSPS) is 17.3. The van der Waals surface area contributed by atoms with Gasteiger partial charge in [0.15, 0.2) is 0 Å². The van der Waals surface area contributed by atoms with E-state index in [9.17, 15) is 28.1 Å². The zero-order valence-electron chi connectivity index (χ0n) is 34.3. The van der Waals surface area contributed by atoms with Crippen molar-refractivity contribution in [1.82, 2.24) is 24.5 Å². The Morgan fingerprint density at radius 2 is 1.78 bits per heavy atom. The van der Waals surface area contributed by atoms with E-state index in [2.05, 4.69) is 41.9 Å². The van der Waals surface area contributed by atoms with E-state index in [0.717, 1.165) is 54.4 Å². The molecule has 18 heteroatoms. The van der Waals surface area contributed by atoms with E-state index in [0.29, 0.717) is 57.3 Å². The molecule has 3 N–H and O–H groups in total. The van der Waals surface area contributed by atoms with E-state index in [1.807, 2.05) is 40.6 Å². The highest BCUT2D eigenvalue weighted by Gasteiger charge is 2.33. The molecule has 6 aromatic rings. The number of carbonyl (C=O) groups is 2. The first kappa shape index (κ1) is 42.0. The second-order valence-electron chi connectivity index (χ2n) is 16.0. The SMILES string of the molecule is O=C(NS(=O)(=O)c1ccc(NCC2CCOCC2)c([N+](=O)[O-])c1)c1ccc(N2CCN(CC3Cc4ccccc4CN3C(=O)c3cccs3)CC2)cc1Oc1cnc2[nH]ccc2c1. The van der Waals surface area contributed by atoms with Gasteiger partial charge < -0.3 is 29.6 Å². The molecule has 2 fully saturated rings. The highest BCUT2D eigenvalue weighted by atomic mass is 32.2. The Balaban J connectivity index is 0.920. The first-order chi connectivity index (χ1) is 30.6. The van der Waals surface area contributed by atoms with Crippen LogP contribution >= 0.6 is 11.3 Å². The summed E-state index contributed by atoms with van der Waals surface area (Å²) in [5, 5.41) is 17.9. The molecule has 0 bridgehead atoms. The number of fused-ring (bicyclic) bond motifs is 2. The predicted octanol–water partition coefficient (Wildman–Crippen LogP) is 6.67. The summed E-state index contributed by atoms with van der Waals surface area (Å²) < 4.78 is 41.2. The number of H-pyrrole nitrogens is 1. The van der Waals surface area contributed by atoms with Crippen molar-refractivity contribution in [2.75, 3.05) is 62.7 Å². The fraction of sp³-hybridized carbons (Fsp3) is 0.311. The van der Waals surface area contributed by atoms with Crippen molar-refractivity contribution in [3.8, 4) is 11.5 Å². The summed E-state index contributed by atoms with van der Waals surface area (Å²) in [6.07, 6.45) is 5.66. The molecule has 0 radical (unpaired) electrons. The van der Waals surface area contributed by atoms with Crippen LogP contribution in [0, 0.1) is 16.0 Å². The summed E-state index contributed by atoms with van der Waals surface area (Å²) in [6.45, 7) is 5.74. The van der Waals surface area contributed by atoms with Gasteiger partial charge in [0, 0.05) is 94.5 Å². The van der Waals surface area contributed by atoms with Crippen LogP contribution in [0.4, 0.5) is 17.1 Å². The number of nitro benzene ring substituents is 1. The van der Waals surface area contributed by atoms with Crippen LogP contribution in [0.5, 0.6) is 11.5 Å². The number of pyridine rings is 1. The number of rotatable bonds is 13. The lowest BCUT2D eigenvalue weighted by Gasteiger charge is -2.42. The number of hydrogen-bond donors (Lipinski definition) is 3. The molecule has 3 aliphatic heterocycles. The fourth-order valence-corrected chi connectivity index (χ4v) is 10.2. The van der Waals surface area contributed by atoms with Crippen LogP contribution in [0.15, 0.2) is 108 Å². The van der Waals surface area contributed by atoms with Gasteiger partial charge in [-0.05, 0) is 84.2 Å². The minimum atomic E-state index is -4.57. The van der Waals surface area contributed by atoms with Gasteiger partial charge in [-0.2, -0.15) is 0 Å². The summed E-state index contributed by atoms with van der Waals surface area (Å²) in [7, 11) is -4.57. The molecule has 2 saturated heterocycles. The fourth-order valence-electron chi connectivity index (χ4n) is 8.52. The number of aromatic amines is 1. The van der Waals surface area contributed by atoms with Crippen LogP contribution in [0.25, 0.3) is 11.0 Å². The number of carbonyl (C=O) groups excluding carboxylic acids is 2.